The van der Waals surface area contributed by atoms with E-state index < -0.39 is 0 Å². The highest BCUT2D eigenvalue weighted by molar-refractivity contribution is 6.30. The van der Waals surface area contributed by atoms with Gasteiger partial charge in [0.15, 0.2) is 0 Å². The maximum absolute atomic E-state index is 6.01. The summed E-state index contributed by atoms with van der Waals surface area (Å²) >= 11 is 6.01. The normalized spacial score (nSPS) is 19.4. The van der Waals surface area contributed by atoms with Gasteiger partial charge in [0.1, 0.15) is 0 Å². The summed E-state index contributed by atoms with van der Waals surface area (Å²) in [6, 6.07) is 6.88. The second kappa shape index (κ2) is 4.99. The predicted octanol–water partition coefficient (Wildman–Crippen LogP) is 3.83. The molecule has 0 spiro atoms. The van der Waals surface area contributed by atoms with E-state index in [-0.39, 0.29) is 0 Å². The highest BCUT2D eigenvalue weighted by Crippen LogP contribution is 2.25. The van der Waals surface area contributed by atoms with Gasteiger partial charge < -0.3 is 5.32 Å². The molecule has 1 aromatic carbocycles. The molecule has 2 heteroatoms. The number of fused-ring (bicyclic) bond motifs is 1. The number of hydrogen-bond donors (Lipinski definition) is 1. The quantitative estimate of drug-likeness (QED) is 0.861. The zero-order chi connectivity index (χ0) is 12.5. The smallest absolute Gasteiger partial charge is 0.0408 e. The zero-order valence-electron chi connectivity index (χ0n) is 11.0. The van der Waals surface area contributed by atoms with E-state index in [0.29, 0.717) is 11.5 Å². The summed E-state index contributed by atoms with van der Waals surface area (Å²) in [5, 5.41) is 4.52. The highest BCUT2D eigenvalue weighted by Gasteiger charge is 2.21. The first-order chi connectivity index (χ1) is 7.94. The van der Waals surface area contributed by atoms with Crippen LogP contribution < -0.4 is 5.32 Å². The van der Waals surface area contributed by atoms with Crippen LogP contribution in [0.25, 0.3) is 0 Å². The minimum absolute atomic E-state index is 0.418. The molecule has 0 saturated carbocycles. The summed E-state index contributed by atoms with van der Waals surface area (Å²) in [5.41, 5.74) is 3.30. The summed E-state index contributed by atoms with van der Waals surface area (Å²) in [7, 11) is 0. The second-order valence-corrected chi connectivity index (χ2v) is 6.72. The molecule has 1 unspecified atom stereocenters. The van der Waals surface area contributed by atoms with Crippen molar-refractivity contribution < 1.29 is 0 Å². The number of hydrogen-bond acceptors (Lipinski definition) is 1. The molecule has 1 nitrogen and oxygen atoms in total. The van der Waals surface area contributed by atoms with E-state index in [9.17, 15) is 0 Å². The van der Waals surface area contributed by atoms with Gasteiger partial charge in [-0.3, -0.25) is 0 Å². The van der Waals surface area contributed by atoms with Crippen LogP contribution in [0.1, 0.15) is 38.3 Å². The van der Waals surface area contributed by atoms with E-state index in [0.717, 1.165) is 24.4 Å². The van der Waals surface area contributed by atoms with Crippen molar-refractivity contribution in [2.75, 3.05) is 6.54 Å². The molecular weight excluding hydrogens is 230 g/mol. The van der Waals surface area contributed by atoms with Crippen molar-refractivity contribution in [2.24, 2.45) is 5.41 Å². The van der Waals surface area contributed by atoms with E-state index in [4.69, 9.17) is 11.6 Å². The Morgan fingerprint density at radius 3 is 2.65 bits per heavy atom. The molecule has 17 heavy (non-hydrogen) atoms. The Morgan fingerprint density at radius 1 is 1.24 bits per heavy atom. The summed E-state index contributed by atoms with van der Waals surface area (Å²) in [6.07, 6.45) is 3.50. The molecular formula is C15H22ClN. The molecule has 0 radical (unpaired) electrons. The third-order valence-corrected chi connectivity index (χ3v) is 3.64. The van der Waals surface area contributed by atoms with Crippen LogP contribution in [0.2, 0.25) is 5.02 Å². The molecule has 0 saturated heterocycles. The predicted molar refractivity (Wildman–Crippen MR) is 74.7 cm³/mol. The molecule has 0 aliphatic heterocycles. The molecule has 1 aliphatic carbocycles. The van der Waals surface area contributed by atoms with Crippen LogP contribution in [0, 0.1) is 5.41 Å². The number of nitrogens with one attached hydrogen (secondary N) is 1. The van der Waals surface area contributed by atoms with Crippen LogP contribution in [0.5, 0.6) is 0 Å². The van der Waals surface area contributed by atoms with Crippen LogP contribution in [-0.4, -0.2) is 12.6 Å². The van der Waals surface area contributed by atoms with Crippen molar-refractivity contribution in [3.63, 3.8) is 0 Å². The number of benzene rings is 1. The molecule has 1 aliphatic rings. The first kappa shape index (κ1) is 12.9. The number of rotatable bonds is 3. The lowest BCUT2D eigenvalue weighted by Crippen LogP contribution is -2.32. The SMILES string of the molecule is CC(C)(C)CCNC1Cc2ccc(Cl)cc2C1. The van der Waals surface area contributed by atoms with Crippen molar-refractivity contribution >= 4 is 11.6 Å². The van der Waals surface area contributed by atoms with Crippen molar-refractivity contribution in [3.05, 3.63) is 34.3 Å². The lowest BCUT2D eigenvalue weighted by atomic mass is 9.92. The van der Waals surface area contributed by atoms with Gasteiger partial charge in [0.2, 0.25) is 0 Å². The largest absolute Gasteiger partial charge is 0.313 e. The summed E-state index contributed by atoms with van der Waals surface area (Å²) in [5.74, 6) is 0. The Balaban J connectivity index is 1.84. The first-order valence-corrected chi connectivity index (χ1v) is 6.82. The van der Waals surface area contributed by atoms with E-state index >= 15 is 0 Å². The minimum atomic E-state index is 0.418. The fourth-order valence-electron chi connectivity index (χ4n) is 2.38. The Labute approximate surface area is 110 Å². The standard InChI is InChI=1S/C15H22ClN/c1-15(2,3)6-7-17-14-9-11-4-5-13(16)8-12(11)10-14/h4-5,8,14,17H,6-7,9-10H2,1-3H3. The lowest BCUT2D eigenvalue weighted by Gasteiger charge is -2.20. The summed E-state index contributed by atoms with van der Waals surface area (Å²) in [4.78, 5) is 0. The van der Waals surface area contributed by atoms with Crippen molar-refractivity contribution in [2.45, 2.75) is 46.1 Å². The Kier molecular flexibility index (Phi) is 3.79. The molecule has 0 amide bonds. The molecule has 0 bridgehead atoms. The van der Waals surface area contributed by atoms with Crippen molar-refractivity contribution in [3.8, 4) is 0 Å². The monoisotopic (exact) mass is 251 g/mol. The van der Waals surface area contributed by atoms with Crippen LogP contribution in [-0.2, 0) is 12.8 Å². The van der Waals surface area contributed by atoms with Crippen LogP contribution >= 0.6 is 11.6 Å². The Morgan fingerprint density at radius 2 is 1.94 bits per heavy atom. The van der Waals surface area contributed by atoms with E-state index in [2.05, 4.69) is 38.2 Å². The van der Waals surface area contributed by atoms with Crippen LogP contribution in [0.3, 0.4) is 0 Å². The van der Waals surface area contributed by atoms with Gasteiger partial charge >= 0.3 is 0 Å². The molecule has 94 valence electrons. The zero-order valence-corrected chi connectivity index (χ0v) is 11.8. The first-order valence-electron chi connectivity index (χ1n) is 6.45. The Hall–Kier alpha value is -0.530. The summed E-state index contributed by atoms with van der Waals surface area (Å²) in [6.45, 7) is 7.98. The fourth-order valence-corrected chi connectivity index (χ4v) is 2.58. The molecule has 0 aromatic heterocycles. The van der Waals surface area contributed by atoms with Crippen molar-refractivity contribution in [1.82, 2.24) is 5.32 Å². The van der Waals surface area contributed by atoms with E-state index in [1.807, 2.05) is 6.07 Å². The number of halogens is 1. The molecule has 1 atom stereocenters. The van der Waals surface area contributed by atoms with Gasteiger partial charge in [-0.05, 0) is 54.5 Å². The molecule has 1 aromatic rings. The van der Waals surface area contributed by atoms with Gasteiger partial charge in [-0.15, -0.1) is 0 Å². The van der Waals surface area contributed by atoms with Gasteiger partial charge in [-0.1, -0.05) is 38.4 Å². The lowest BCUT2D eigenvalue weighted by molar-refractivity contribution is 0.355. The van der Waals surface area contributed by atoms with Crippen LogP contribution in [0.4, 0.5) is 0 Å². The summed E-state index contributed by atoms with van der Waals surface area (Å²) < 4.78 is 0. The molecule has 1 N–H and O–H groups in total. The van der Waals surface area contributed by atoms with Gasteiger partial charge in [0.25, 0.3) is 0 Å². The molecule has 0 fully saturated rings. The third kappa shape index (κ3) is 3.72. The highest BCUT2D eigenvalue weighted by atomic mass is 35.5. The van der Waals surface area contributed by atoms with Gasteiger partial charge in [-0.25, -0.2) is 0 Å². The van der Waals surface area contributed by atoms with Crippen LogP contribution in [0.15, 0.2) is 18.2 Å². The maximum Gasteiger partial charge on any atom is 0.0408 e. The molecule has 2 rings (SSSR count). The van der Waals surface area contributed by atoms with Gasteiger partial charge in [-0.2, -0.15) is 0 Å². The van der Waals surface area contributed by atoms with E-state index in [1.165, 1.54) is 17.5 Å². The van der Waals surface area contributed by atoms with Gasteiger partial charge in [0, 0.05) is 11.1 Å². The fraction of sp³-hybridized carbons (Fsp3) is 0.600. The maximum atomic E-state index is 6.01. The Bertz CT molecular complexity index is 392. The molecule has 0 heterocycles. The average Bonchev–Trinajstić information content (AvgIpc) is 2.57. The second-order valence-electron chi connectivity index (χ2n) is 6.28. The van der Waals surface area contributed by atoms with E-state index in [1.54, 1.807) is 0 Å². The minimum Gasteiger partial charge on any atom is -0.313 e. The third-order valence-electron chi connectivity index (χ3n) is 3.41. The van der Waals surface area contributed by atoms with Crippen molar-refractivity contribution in [1.29, 1.82) is 0 Å². The average molecular weight is 252 g/mol. The topological polar surface area (TPSA) is 12.0 Å². The van der Waals surface area contributed by atoms with Gasteiger partial charge in [0.05, 0.1) is 0 Å².